The third-order valence-electron chi connectivity index (χ3n) is 11.1. The van der Waals surface area contributed by atoms with Gasteiger partial charge >= 0.3 is 295 Å². The first kappa shape index (κ1) is 32.9. The summed E-state index contributed by atoms with van der Waals surface area (Å²) < 4.78 is 6.92. The molecule has 56 heavy (non-hydrogen) atoms. The fraction of sp³-hybridized carbons (Fsp3) is 0. The van der Waals surface area contributed by atoms with Crippen LogP contribution in [0.5, 0.6) is 0 Å². The van der Waals surface area contributed by atoms with Gasteiger partial charge in [-0.3, -0.25) is 0 Å². The molecular formula is C54H36IN. The van der Waals surface area contributed by atoms with Gasteiger partial charge in [-0.1, -0.05) is 36.4 Å². The van der Waals surface area contributed by atoms with Crippen LogP contribution >= 0.6 is 19.8 Å². The summed E-state index contributed by atoms with van der Waals surface area (Å²) in [6, 6.07) is 80.9. The Labute approximate surface area is 334 Å². The van der Waals surface area contributed by atoms with Crippen molar-refractivity contribution in [2.75, 3.05) is 0 Å². The first-order valence-electron chi connectivity index (χ1n) is 19.2. The van der Waals surface area contributed by atoms with Crippen LogP contribution in [0.25, 0.3) is 83.1 Å². The largest absolute Gasteiger partial charge is 0.0617 e. The molecule has 1 nitrogen and oxygen atoms in total. The minimum atomic E-state index is -2.03. The van der Waals surface area contributed by atoms with Gasteiger partial charge in [0.05, 0.1) is 0 Å². The Balaban J connectivity index is 1.05. The topological polar surface area (TPSA) is 4.93 Å². The molecule has 0 bridgehead atoms. The van der Waals surface area contributed by atoms with E-state index in [1.807, 2.05) is 0 Å². The molecule has 0 saturated heterocycles. The molecule has 0 radical (unpaired) electrons. The molecule has 0 spiro atoms. The average Bonchev–Trinajstić information content (AvgIpc) is 3.79. The first-order chi connectivity index (χ1) is 27.8. The third kappa shape index (κ3) is 5.60. The Bertz CT molecular complexity index is 3070. The summed E-state index contributed by atoms with van der Waals surface area (Å²) in [6.07, 6.45) is 0. The number of nitrogens with zero attached hydrogens (tertiary/aromatic N) is 1. The predicted octanol–water partition coefficient (Wildman–Crippen LogP) is 14.8. The van der Waals surface area contributed by atoms with Crippen molar-refractivity contribution in [3.8, 4) is 61.3 Å². The summed E-state index contributed by atoms with van der Waals surface area (Å²) >= 11 is -2.03. The minimum absolute atomic E-state index is 1.17. The van der Waals surface area contributed by atoms with Crippen molar-refractivity contribution in [3.63, 3.8) is 0 Å². The second-order valence-electron chi connectivity index (χ2n) is 14.4. The molecule has 0 saturated carbocycles. The van der Waals surface area contributed by atoms with Crippen molar-refractivity contribution in [1.82, 2.24) is 4.57 Å². The molecule has 9 aromatic carbocycles. The van der Waals surface area contributed by atoms with E-state index in [0.717, 1.165) is 0 Å². The Hall–Kier alpha value is -6.49. The fourth-order valence-electron chi connectivity index (χ4n) is 8.42. The van der Waals surface area contributed by atoms with E-state index in [0.29, 0.717) is 0 Å². The van der Waals surface area contributed by atoms with E-state index in [1.165, 1.54) is 93.8 Å². The third-order valence-corrected chi connectivity index (χ3v) is 17.2. The van der Waals surface area contributed by atoms with Crippen molar-refractivity contribution in [2.45, 2.75) is 0 Å². The van der Waals surface area contributed by atoms with Gasteiger partial charge in [-0.2, -0.15) is 0 Å². The second-order valence-corrected chi connectivity index (χ2v) is 19.6. The van der Waals surface area contributed by atoms with Gasteiger partial charge in [0.15, 0.2) is 0 Å². The molecule has 0 aliphatic carbocycles. The van der Waals surface area contributed by atoms with Gasteiger partial charge in [-0.05, 0) is 5.56 Å². The molecule has 0 fully saturated rings. The van der Waals surface area contributed by atoms with Crippen LogP contribution in [0.3, 0.4) is 0 Å². The molecule has 2 heterocycles. The molecular weight excluding hydrogens is 790 g/mol. The zero-order valence-corrected chi connectivity index (χ0v) is 32.8. The van der Waals surface area contributed by atoms with Gasteiger partial charge in [0, 0.05) is 0 Å². The summed E-state index contributed by atoms with van der Waals surface area (Å²) in [7, 11) is 0. The van der Waals surface area contributed by atoms with Crippen LogP contribution in [0.4, 0.5) is 0 Å². The SMILES string of the molecule is c1ccc(-c2cccc(-n3c4ccccc4c4cc(-c5ccc6c(c5)-c5ccc(-c7ccccc7)cc5I6c5cccc(-c6ccccc6)c5)ccc43)c2)cc1. The molecule has 0 atom stereocenters. The van der Waals surface area contributed by atoms with Crippen molar-refractivity contribution in [2.24, 2.45) is 0 Å². The minimum Gasteiger partial charge on any atom is -0.0617 e. The van der Waals surface area contributed by atoms with E-state index in [4.69, 9.17) is 0 Å². The van der Waals surface area contributed by atoms with Crippen LogP contribution in [0.2, 0.25) is 0 Å². The van der Waals surface area contributed by atoms with E-state index < -0.39 is 19.8 Å². The summed E-state index contributed by atoms with van der Waals surface area (Å²) in [5, 5.41) is 2.53. The van der Waals surface area contributed by atoms with Crippen LogP contribution in [-0.2, 0) is 0 Å². The zero-order chi connectivity index (χ0) is 37.0. The molecule has 0 N–H and O–H groups in total. The van der Waals surface area contributed by atoms with Gasteiger partial charge < -0.3 is 0 Å². The van der Waals surface area contributed by atoms with E-state index >= 15 is 0 Å². The maximum absolute atomic E-state index is 2.50. The Morgan fingerprint density at radius 3 is 1.55 bits per heavy atom. The Morgan fingerprint density at radius 1 is 0.286 bits per heavy atom. The Kier molecular flexibility index (Phi) is 8.03. The standard InChI is InChI=1S/C54H36IN/c1-4-14-37(15-5-1)40-20-12-22-45(32-40)55-51-30-27-42(34-49(51)47-29-26-44(36-52(47)55)39-18-8-3-9-19-39)43-28-31-54-50(35-43)48-24-10-11-25-53(48)56(54)46-23-13-21-41(33-46)38-16-6-2-7-17-38/h1-36H. The molecule has 1 aromatic heterocycles. The fourth-order valence-corrected chi connectivity index (χ4v) is 14.9. The van der Waals surface area contributed by atoms with E-state index in [1.54, 1.807) is 0 Å². The number of fused-ring (bicyclic) bond motifs is 6. The van der Waals surface area contributed by atoms with Crippen molar-refractivity contribution in [1.29, 1.82) is 0 Å². The van der Waals surface area contributed by atoms with Gasteiger partial charge in [-0.25, -0.2) is 0 Å². The summed E-state index contributed by atoms with van der Waals surface area (Å²) in [6.45, 7) is 0. The van der Waals surface area contributed by atoms with Gasteiger partial charge in [0.1, 0.15) is 0 Å². The average molecular weight is 826 g/mol. The van der Waals surface area contributed by atoms with E-state index in [-0.39, 0.29) is 0 Å². The maximum Gasteiger partial charge on any atom is -0.0544 e. The maximum atomic E-state index is 2.50. The number of hydrogen-bond donors (Lipinski definition) is 0. The van der Waals surface area contributed by atoms with Crippen molar-refractivity contribution < 1.29 is 0 Å². The second kappa shape index (κ2) is 13.7. The first-order valence-corrected chi connectivity index (χ1v) is 22.4. The van der Waals surface area contributed by atoms with Crippen LogP contribution in [0, 0.1) is 10.7 Å². The monoisotopic (exact) mass is 825 g/mol. The van der Waals surface area contributed by atoms with E-state index in [9.17, 15) is 0 Å². The number of benzene rings is 9. The van der Waals surface area contributed by atoms with E-state index in [2.05, 4.69) is 223 Å². The summed E-state index contributed by atoms with van der Waals surface area (Å²) in [5.41, 5.74) is 16.4. The molecule has 1 aliphatic rings. The number of aromatic nitrogens is 1. The van der Waals surface area contributed by atoms with Crippen molar-refractivity contribution >= 4 is 41.6 Å². The molecule has 2 heteroatoms. The van der Waals surface area contributed by atoms with Crippen molar-refractivity contribution in [3.05, 3.63) is 229 Å². The molecule has 264 valence electrons. The predicted molar refractivity (Wildman–Crippen MR) is 245 cm³/mol. The zero-order valence-electron chi connectivity index (χ0n) is 30.6. The van der Waals surface area contributed by atoms with Crippen LogP contribution in [0.15, 0.2) is 218 Å². The van der Waals surface area contributed by atoms with Gasteiger partial charge in [-0.15, -0.1) is 0 Å². The number of rotatable bonds is 6. The van der Waals surface area contributed by atoms with Gasteiger partial charge in [0.2, 0.25) is 0 Å². The number of hydrogen-bond acceptors (Lipinski definition) is 0. The summed E-state index contributed by atoms with van der Waals surface area (Å²) in [5.74, 6) is 0. The molecule has 11 rings (SSSR count). The normalized spacial score (nSPS) is 12.5. The summed E-state index contributed by atoms with van der Waals surface area (Å²) in [4.78, 5) is 0. The van der Waals surface area contributed by atoms with Crippen LogP contribution in [0.1, 0.15) is 0 Å². The number of halogens is 1. The Morgan fingerprint density at radius 2 is 0.821 bits per heavy atom. The van der Waals surface area contributed by atoms with Gasteiger partial charge in [0.25, 0.3) is 0 Å². The quantitative estimate of drug-likeness (QED) is 0.147. The smallest absolute Gasteiger partial charge is 0.0544 e. The molecule has 0 unspecified atom stereocenters. The van der Waals surface area contributed by atoms with Crippen LogP contribution < -0.4 is 0 Å². The molecule has 10 aromatic rings. The number of para-hydroxylation sites is 1. The molecule has 1 aliphatic heterocycles. The molecule has 0 amide bonds. The van der Waals surface area contributed by atoms with Crippen LogP contribution in [-0.4, -0.2) is 4.57 Å².